The number of anilines is 1. The van der Waals surface area contributed by atoms with Gasteiger partial charge in [-0.3, -0.25) is 9.36 Å². The van der Waals surface area contributed by atoms with Gasteiger partial charge in [0.15, 0.2) is 17.0 Å². The van der Waals surface area contributed by atoms with Crippen LogP contribution in [-0.2, 0) is 13.6 Å². The summed E-state index contributed by atoms with van der Waals surface area (Å²) in [6.45, 7) is 3.26. The van der Waals surface area contributed by atoms with Crippen molar-refractivity contribution in [1.29, 1.82) is 0 Å². The Balaban J connectivity index is 1.19. The van der Waals surface area contributed by atoms with Crippen molar-refractivity contribution in [1.82, 2.24) is 34.2 Å². The van der Waals surface area contributed by atoms with Gasteiger partial charge in [0.1, 0.15) is 18.7 Å². The number of pyridine rings is 1. The molecule has 0 aromatic carbocycles. The van der Waals surface area contributed by atoms with Gasteiger partial charge in [0, 0.05) is 36.8 Å². The van der Waals surface area contributed by atoms with Crippen LogP contribution in [0.15, 0.2) is 40.3 Å². The van der Waals surface area contributed by atoms with Gasteiger partial charge < -0.3 is 14.0 Å². The normalized spacial score (nSPS) is 24.7. The van der Waals surface area contributed by atoms with Gasteiger partial charge in [-0.2, -0.15) is 4.98 Å². The molecule has 1 saturated carbocycles. The first kappa shape index (κ1) is 18.5. The zero-order valence-corrected chi connectivity index (χ0v) is 17.6. The van der Waals surface area contributed by atoms with Crippen LogP contribution in [0.2, 0.25) is 5.02 Å². The number of aryl methyl sites for hydroxylation is 1. The molecule has 2 aliphatic rings. The number of aromatic nitrogens is 7. The molecule has 6 rings (SSSR count). The number of nitrogens with zero attached hydrogens (tertiary/aromatic N) is 8. The van der Waals surface area contributed by atoms with Crippen LogP contribution in [0.4, 0.5) is 5.82 Å². The minimum atomic E-state index is -0.189. The minimum Gasteiger partial charge on any atom is -0.353 e. The highest BCUT2D eigenvalue weighted by atomic mass is 35.5. The summed E-state index contributed by atoms with van der Waals surface area (Å²) in [4.78, 5) is 32.4. The molecule has 0 radical (unpaired) electrons. The number of fused-ring (bicyclic) bond motifs is 2. The van der Waals surface area contributed by atoms with E-state index in [1.807, 2.05) is 6.07 Å². The lowest BCUT2D eigenvalue weighted by Crippen LogP contribution is -2.32. The highest BCUT2D eigenvalue weighted by molar-refractivity contribution is 6.30. The maximum absolute atomic E-state index is 12.7. The van der Waals surface area contributed by atoms with Crippen molar-refractivity contribution >= 4 is 28.6 Å². The zero-order chi connectivity index (χ0) is 21.3. The second-order valence-corrected chi connectivity index (χ2v) is 8.68. The fraction of sp³-hybridized carbons (Fsp3) is 0.400. The van der Waals surface area contributed by atoms with Crippen molar-refractivity contribution in [2.75, 3.05) is 11.4 Å². The molecule has 4 aromatic heterocycles. The van der Waals surface area contributed by atoms with Crippen molar-refractivity contribution in [2.45, 2.75) is 25.4 Å². The molecule has 4 aromatic rings. The largest absolute Gasteiger partial charge is 0.353 e. The molecule has 2 fully saturated rings. The monoisotopic (exact) mass is 438 g/mol. The Morgan fingerprint density at radius 1 is 1.26 bits per heavy atom. The van der Waals surface area contributed by atoms with Crippen LogP contribution in [0.3, 0.4) is 0 Å². The SMILES string of the molecule is CC1C2C(CN1c1cc(Cl)ccn1)C2c1noc(Cn2cnc3ncn(C)c3c2=O)n1. The fourth-order valence-electron chi connectivity index (χ4n) is 4.91. The van der Waals surface area contributed by atoms with Crippen molar-refractivity contribution in [3.63, 3.8) is 0 Å². The zero-order valence-electron chi connectivity index (χ0n) is 16.9. The molecule has 11 heteroatoms. The number of hydrogen-bond donors (Lipinski definition) is 0. The first-order chi connectivity index (χ1) is 15.0. The topological polar surface area (TPSA) is 108 Å². The van der Waals surface area contributed by atoms with Crippen molar-refractivity contribution < 1.29 is 4.52 Å². The van der Waals surface area contributed by atoms with E-state index in [-0.39, 0.29) is 18.0 Å². The predicted octanol–water partition coefficient (Wildman–Crippen LogP) is 1.85. The van der Waals surface area contributed by atoms with E-state index in [0.29, 0.717) is 45.8 Å². The smallest absolute Gasteiger partial charge is 0.280 e. The third-order valence-corrected chi connectivity index (χ3v) is 6.71. The molecule has 0 bridgehead atoms. The van der Waals surface area contributed by atoms with Crippen molar-refractivity contribution in [3.8, 4) is 0 Å². The molecule has 4 atom stereocenters. The van der Waals surface area contributed by atoms with Gasteiger partial charge in [-0.25, -0.2) is 15.0 Å². The molecule has 4 unspecified atom stereocenters. The molecule has 0 spiro atoms. The summed E-state index contributed by atoms with van der Waals surface area (Å²) in [6.07, 6.45) is 4.77. The van der Waals surface area contributed by atoms with Crippen LogP contribution in [0.5, 0.6) is 0 Å². The van der Waals surface area contributed by atoms with Gasteiger partial charge in [-0.05, 0) is 30.9 Å². The second kappa shape index (κ2) is 6.61. The maximum atomic E-state index is 12.7. The lowest BCUT2D eigenvalue weighted by Gasteiger charge is -2.26. The number of rotatable bonds is 4. The standard InChI is InChI=1S/C20H19ClN8O2/c1-10-15-12(6-29(10)13-5-11(21)3-4-22-13)16(15)18-25-14(31-26-18)7-28-9-24-19-17(20(28)30)27(2)8-23-19/h3-5,8-10,12,15-16H,6-7H2,1-2H3. The van der Waals surface area contributed by atoms with Crippen LogP contribution in [0, 0.1) is 11.8 Å². The quantitative estimate of drug-likeness (QED) is 0.475. The first-order valence-corrected chi connectivity index (χ1v) is 10.5. The Labute approximate surface area is 181 Å². The summed E-state index contributed by atoms with van der Waals surface area (Å²) in [5.74, 6) is 3.16. The maximum Gasteiger partial charge on any atom is 0.280 e. The summed E-state index contributed by atoms with van der Waals surface area (Å²) >= 11 is 6.13. The molecule has 1 aliphatic heterocycles. The van der Waals surface area contributed by atoms with E-state index in [1.165, 1.54) is 10.9 Å². The van der Waals surface area contributed by atoms with E-state index in [4.69, 9.17) is 16.1 Å². The number of halogens is 1. The minimum absolute atomic E-state index is 0.177. The van der Waals surface area contributed by atoms with Crippen LogP contribution in [0.25, 0.3) is 11.2 Å². The molecular formula is C20H19ClN8O2. The van der Waals surface area contributed by atoms with Gasteiger partial charge >= 0.3 is 0 Å². The molecular weight excluding hydrogens is 420 g/mol. The van der Waals surface area contributed by atoms with Gasteiger partial charge in [0.2, 0.25) is 5.89 Å². The Bertz CT molecular complexity index is 1360. The van der Waals surface area contributed by atoms with E-state index >= 15 is 0 Å². The molecule has 5 heterocycles. The molecule has 1 saturated heterocycles. The van der Waals surface area contributed by atoms with Gasteiger partial charge in [0.25, 0.3) is 5.56 Å². The number of imidazole rings is 1. The Hall–Kier alpha value is -3.27. The second-order valence-electron chi connectivity index (χ2n) is 8.24. The van der Waals surface area contributed by atoms with Gasteiger partial charge in [-0.1, -0.05) is 16.8 Å². The lowest BCUT2D eigenvalue weighted by atomic mass is 10.1. The molecule has 0 amide bonds. The molecule has 0 N–H and O–H groups in total. The van der Waals surface area contributed by atoms with Crippen molar-refractivity contribution in [2.24, 2.45) is 18.9 Å². The highest BCUT2D eigenvalue weighted by Gasteiger charge is 2.62. The average Bonchev–Trinajstić information content (AvgIpc) is 3.04. The fourth-order valence-corrected chi connectivity index (χ4v) is 5.06. The first-order valence-electron chi connectivity index (χ1n) is 10.1. The van der Waals surface area contributed by atoms with Crippen LogP contribution in [0.1, 0.15) is 24.6 Å². The van der Waals surface area contributed by atoms with E-state index in [9.17, 15) is 4.79 Å². The average molecular weight is 439 g/mol. The number of piperidine rings is 1. The van der Waals surface area contributed by atoms with E-state index in [2.05, 4.69) is 36.9 Å². The van der Waals surface area contributed by atoms with Crippen LogP contribution < -0.4 is 10.5 Å². The third kappa shape index (κ3) is 2.85. The molecule has 31 heavy (non-hydrogen) atoms. The summed E-state index contributed by atoms with van der Waals surface area (Å²) in [6, 6.07) is 3.99. The lowest BCUT2D eigenvalue weighted by molar-refractivity contribution is 0.363. The third-order valence-electron chi connectivity index (χ3n) is 6.48. The summed E-state index contributed by atoms with van der Waals surface area (Å²) in [5.41, 5.74) is 0.683. The Morgan fingerprint density at radius 3 is 2.87 bits per heavy atom. The summed E-state index contributed by atoms with van der Waals surface area (Å²) < 4.78 is 8.58. The van der Waals surface area contributed by atoms with E-state index < -0.39 is 0 Å². The Morgan fingerprint density at radius 2 is 2.10 bits per heavy atom. The van der Waals surface area contributed by atoms with Gasteiger partial charge in [0.05, 0.1) is 6.33 Å². The van der Waals surface area contributed by atoms with Crippen molar-refractivity contribution in [3.05, 3.63) is 58.1 Å². The predicted molar refractivity (Wildman–Crippen MR) is 112 cm³/mol. The highest BCUT2D eigenvalue weighted by Crippen LogP contribution is 2.60. The Kier molecular flexibility index (Phi) is 3.95. The van der Waals surface area contributed by atoms with Crippen LogP contribution in [-0.4, -0.2) is 46.8 Å². The summed E-state index contributed by atoms with van der Waals surface area (Å²) in [5, 5.41) is 4.89. The summed E-state index contributed by atoms with van der Waals surface area (Å²) in [7, 11) is 1.77. The van der Waals surface area contributed by atoms with Crippen LogP contribution >= 0.6 is 11.6 Å². The molecule has 10 nitrogen and oxygen atoms in total. The van der Waals surface area contributed by atoms with E-state index in [0.717, 1.165) is 12.4 Å². The van der Waals surface area contributed by atoms with Gasteiger partial charge in [-0.15, -0.1) is 0 Å². The molecule has 158 valence electrons. The molecule has 1 aliphatic carbocycles. The number of hydrogen-bond acceptors (Lipinski definition) is 8. The van der Waals surface area contributed by atoms with E-state index in [1.54, 1.807) is 30.2 Å².